The van der Waals surface area contributed by atoms with Gasteiger partial charge in [0.1, 0.15) is 24.7 Å². The highest BCUT2D eigenvalue weighted by atomic mass is 19.1. The quantitative estimate of drug-likeness (QED) is 0.692. The molecule has 1 aliphatic rings. The van der Waals surface area contributed by atoms with Crippen molar-refractivity contribution >= 4 is 22.5 Å². The van der Waals surface area contributed by atoms with Gasteiger partial charge in [0.2, 0.25) is 5.91 Å². The molecule has 1 aliphatic heterocycles. The minimum absolute atomic E-state index is 0.102. The van der Waals surface area contributed by atoms with Crippen molar-refractivity contribution in [3.63, 3.8) is 0 Å². The maximum atomic E-state index is 13.4. The Morgan fingerprint density at radius 1 is 1.31 bits per heavy atom. The van der Waals surface area contributed by atoms with Crippen molar-refractivity contribution in [1.29, 1.82) is 0 Å². The van der Waals surface area contributed by atoms with Gasteiger partial charge in [-0.05, 0) is 43.2 Å². The zero-order valence-corrected chi connectivity index (χ0v) is 15.6. The summed E-state index contributed by atoms with van der Waals surface area (Å²) >= 11 is 0. The molecule has 8 heteroatoms. The Kier molecular flexibility index (Phi) is 5.53. The number of amides is 1. The van der Waals surface area contributed by atoms with E-state index in [2.05, 4.69) is 10.3 Å². The van der Waals surface area contributed by atoms with Gasteiger partial charge in [0.05, 0.1) is 23.3 Å². The topological polar surface area (TPSA) is 82.5 Å². The van der Waals surface area contributed by atoms with Crippen molar-refractivity contribution < 1.29 is 18.7 Å². The van der Waals surface area contributed by atoms with Gasteiger partial charge in [-0.25, -0.2) is 9.37 Å². The van der Waals surface area contributed by atoms with Crippen LogP contribution in [0.3, 0.4) is 0 Å². The molecule has 2 aromatic carbocycles. The van der Waals surface area contributed by atoms with Gasteiger partial charge >= 0.3 is 0 Å². The highest BCUT2D eigenvalue weighted by Crippen LogP contribution is 2.19. The molecule has 1 fully saturated rings. The van der Waals surface area contributed by atoms with Crippen LogP contribution in [0.15, 0.2) is 53.6 Å². The predicted octanol–water partition coefficient (Wildman–Crippen LogP) is 2.73. The third kappa shape index (κ3) is 4.60. The zero-order valence-electron chi connectivity index (χ0n) is 15.6. The lowest BCUT2D eigenvalue weighted by Gasteiger charge is -2.13. The van der Waals surface area contributed by atoms with Crippen molar-refractivity contribution in [3.05, 3.63) is 65.0 Å². The number of halogens is 1. The van der Waals surface area contributed by atoms with E-state index in [9.17, 15) is 14.0 Å². The Morgan fingerprint density at radius 2 is 2.21 bits per heavy atom. The van der Waals surface area contributed by atoms with Gasteiger partial charge in [-0.2, -0.15) is 0 Å². The standard InChI is InChI=1S/C21H20FN3O4/c22-14-6-7-19-18(9-14)21(27)25(13-23-19)11-20(26)24-15-3-1-4-16(10-15)29-12-17-5-2-8-28-17/h1,3-4,6-7,9-10,13,17H,2,5,8,11-12H2,(H,24,26). The van der Waals surface area contributed by atoms with Gasteiger partial charge in [0.15, 0.2) is 0 Å². The molecule has 1 saturated heterocycles. The second kappa shape index (κ2) is 8.40. The zero-order chi connectivity index (χ0) is 20.2. The van der Waals surface area contributed by atoms with E-state index in [-0.39, 0.29) is 18.0 Å². The second-order valence-corrected chi connectivity index (χ2v) is 6.86. The van der Waals surface area contributed by atoms with Crippen molar-refractivity contribution in [2.45, 2.75) is 25.5 Å². The normalized spacial score (nSPS) is 16.1. The summed E-state index contributed by atoms with van der Waals surface area (Å²) in [4.78, 5) is 29.0. The number of carbonyl (C=O) groups excluding carboxylic acids is 1. The van der Waals surface area contributed by atoms with E-state index in [1.807, 2.05) is 0 Å². The molecule has 0 spiro atoms. The average molecular weight is 397 g/mol. The van der Waals surface area contributed by atoms with E-state index < -0.39 is 17.3 Å². The first-order valence-corrected chi connectivity index (χ1v) is 9.37. The molecule has 2 heterocycles. The van der Waals surface area contributed by atoms with Crippen LogP contribution in [-0.4, -0.2) is 34.8 Å². The minimum atomic E-state index is -0.529. The maximum Gasteiger partial charge on any atom is 0.261 e. The van der Waals surface area contributed by atoms with Crippen LogP contribution in [0.25, 0.3) is 10.9 Å². The van der Waals surface area contributed by atoms with Crippen LogP contribution in [-0.2, 0) is 16.1 Å². The van der Waals surface area contributed by atoms with Gasteiger partial charge < -0.3 is 14.8 Å². The summed E-state index contributed by atoms with van der Waals surface area (Å²) in [5.41, 5.74) is 0.454. The lowest BCUT2D eigenvalue weighted by molar-refractivity contribution is -0.116. The highest BCUT2D eigenvalue weighted by Gasteiger charge is 2.16. The molecule has 0 saturated carbocycles. The number of anilines is 1. The summed E-state index contributed by atoms with van der Waals surface area (Å²) in [7, 11) is 0. The van der Waals surface area contributed by atoms with Crippen molar-refractivity contribution in [2.24, 2.45) is 0 Å². The number of rotatable bonds is 6. The third-order valence-electron chi connectivity index (χ3n) is 4.68. The summed E-state index contributed by atoms with van der Waals surface area (Å²) in [6.45, 7) is 0.991. The van der Waals surface area contributed by atoms with E-state index in [4.69, 9.17) is 9.47 Å². The Hall–Kier alpha value is -3.26. The molecule has 1 aromatic heterocycles. The molecule has 1 amide bonds. The van der Waals surface area contributed by atoms with Crippen LogP contribution in [0.4, 0.5) is 10.1 Å². The first kappa shape index (κ1) is 19.1. The minimum Gasteiger partial charge on any atom is -0.491 e. The van der Waals surface area contributed by atoms with E-state index in [1.165, 1.54) is 18.5 Å². The van der Waals surface area contributed by atoms with E-state index in [0.717, 1.165) is 30.1 Å². The monoisotopic (exact) mass is 397 g/mol. The molecule has 150 valence electrons. The van der Waals surface area contributed by atoms with Crippen molar-refractivity contribution in [1.82, 2.24) is 9.55 Å². The lowest BCUT2D eigenvalue weighted by Crippen LogP contribution is -2.28. The van der Waals surface area contributed by atoms with Crippen LogP contribution in [0.2, 0.25) is 0 Å². The fourth-order valence-corrected chi connectivity index (χ4v) is 3.23. The number of nitrogens with zero attached hydrogens (tertiary/aromatic N) is 2. The molecule has 4 rings (SSSR count). The summed E-state index contributed by atoms with van der Waals surface area (Å²) < 4.78 is 25.8. The molecule has 1 atom stereocenters. The summed E-state index contributed by atoms with van der Waals surface area (Å²) in [5, 5.41) is 2.86. The SMILES string of the molecule is O=C(Cn1cnc2ccc(F)cc2c1=O)Nc1cccc(OCC2CCCO2)c1. The molecule has 1 N–H and O–H groups in total. The van der Waals surface area contributed by atoms with Gasteiger partial charge in [-0.15, -0.1) is 0 Å². The number of carbonyl (C=O) groups is 1. The smallest absolute Gasteiger partial charge is 0.261 e. The van der Waals surface area contributed by atoms with Crippen LogP contribution >= 0.6 is 0 Å². The van der Waals surface area contributed by atoms with Gasteiger partial charge in [-0.3, -0.25) is 14.2 Å². The van der Waals surface area contributed by atoms with Crippen LogP contribution < -0.4 is 15.6 Å². The summed E-state index contributed by atoms with van der Waals surface area (Å²) in [5.74, 6) is -0.308. The van der Waals surface area contributed by atoms with Crippen molar-refractivity contribution in [3.8, 4) is 5.75 Å². The van der Waals surface area contributed by atoms with Crippen LogP contribution in [0, 0.1) is 5.82 Å². The largest absolute Gasteiger partial charge is 0.491 e. The molecular weight excluding hydrogens is 377 g/mol. The number of hydrogen-bond acceptors (Lipinski definition) is 5. The molecular formula is C21H20FN3O4. The Balaban J connectivity index is 1.42. The first-order valence-electron chi connectivity index (χ1n) is 9.37. The fraction of sp³-hybridized carbons (Fsp3) is 0.286. The maximum absolute atomic E-state index is 13.4. The summed E-state index contributed by atoms with van der Waals surface area (Å²) in [6.07, 6.45) is 3.41. The molecule has 3 aromatic rings. The molecule has 0 bridgehead atoms. The Morgan fingerprint density at radius 3 is 3.03 bits per heavy atom. The molecule has 29 heavy (non-hydrogen) atoms. The van der Waals surface area contributed by atoms with Crippen LogP contribution in [0.5, 0.6) is 5.75 Å². The molecule has 0 radical (unpaired) electrons. The highest BCUT2D eigenvalue weighted by molar-refractivity contribution is 5.91. The first-order chi connectivity index (χ1) is 14.1. The average Bonchev–Trinajstić information content (AvgIpc) is 3.23. The second-order valence-electron chi connectivity index (χ2n) is 6.86. The van der Waals surface area contributed by atoms with E-state index >= 15 is 0 Å². The predicted molar refractivity (Wildman–Crippen MR) is 106 cm³/mol. The summed E-state index contributed by atoms with van der Waals surface area (Å²) in [6, 6.07) is 10.8. The van der Waals surface area contributed by atoms with Gasteiger partial charge in [0.25, 0.3) is 5.56 Å². The van der Waals surface area contributed by atoms with Crippen LogP contribution in [0.1, 0.15) is 12.8 Å². The number of ether oxygens (including phenoxy) is 2. The number of hydrogen-bond donors (Lipinski definition) is 1. The van der Waals surface area contributed by atoms with E-state index in [1.54, 1.807) is 24.3 Å². The van der Waals surface area contributed by atoms with Gasteiger partial charge in [0, 0.05) is 18.4 Å². The number of nitrogens with one attached hydrogen (secondary N) is 1. The van der Waals surface area contributed by atoms with Gasteiger partial charge in [-0.1, -0.05) is 6.07 Å². The molecule has 0 aliphatic carbocycles. The molecule has 1 unspecified atom stereocenters. The number of fused-ring (bicyclic) bond motifs is 1. The Bertz CT molecular complexity index is 1090. The number of benzene rings is 2. The Labute approximate surface area is 166 Å². The molecule has 7 nitrogen and oxygen atoms in total. The van der Waals surface area contributed by atoms with E-state index in [0.29, 0.717) is 23.6 Å². The third-order valence-corrected chi connectivity index (χ3v) is 4.68. The van der Waals surface area contributed by atoms with Crippen molar-refractivity contribution in [2.75, 3.05) is 18.5 Å². The number of aromatic nitrogens is 2. The fourth-order valence-electron chi connectivity index (χ4n) is 3.23. The lowest BCUT2D eigenvalue weighted by atomic mass is 10.2.